The van der Waals surface area contributed by atoms with Gasteiger partial charge in [-0.2, -0.15) is 4.98 Å². The van der Waals surface area contributed by atoms with E-state index in [-0.39, 0.29) is 24.4 Å². The summed E-state index contributed by atoms with van der Waals surface area (Å²) in [6.07, 6.45) is 3.95. The van der Waals surface area contributed by atoms with Crippen molar-refractivity contribution in [2.75, 3.05) is 20.1 Å². The second kappa shape index (κ2) is 6.51. The predicted molar refractivity (Wildman–Crippen MR) is 75.2 cm³/mol. The lowest BCUT2D eigenvalue weighted by molar-refractivity contribution is -0.140. The minimum Gasteiger partial charge on any atom is -0.337 e. The second-order valence-corrected chi connectivity index (χ2v) is 5.18. The van der Waals surface area contributed by atoms with Crippen molar-refractivity contribution in [1.82, 2.24) is 19.9 Å². The van der Waals surface area contributed by atoms with Gasteiger partial charge in [0.15, 0.2) is 5.82 Å². The van der Waals surface area contributed by atoms with Gasteiger partial charge in [0.2, 0.25) is 17.7 Å². The highest BCUT2D eigenvalue weighted by molar-refractivity contribution is 5.90. The maximum absolute atomic E-state index is 12.4. The third kappa shape index (κ3) is 3.48. The molecule has 0 N–H and O–H groups in total. The fourth-order valence-corrected chi connectivity index (χ4v) is 2.46. The first-order valence-electron chi connectivity index (χ1n) is 7.00. The van der Waals surface area contributed by atoms with Gasteiger partial charge < -0.3 is 14.3 Å². The van der Waals surface area contributed by atoms with Crippen molar-refractivity contribution in [1.29, 1.82) is 0 Å². The Morgan fingerprint density at radius 1 is 1.52 bits per heavy atom. The van der Waals surface area contributed by atoms with Gasteiger partial charge in [-0.15, -0.1) is 0 Å². The Labute approximate surface area is 123 Å². The first-order chi connectivity index (χ1) is 10.0. The number of rotatable bonds is 4. The van der Waals surface area contributed by atoms with Gasteiger partial charge >= 0.3 is 0 Å². The van der Waals surface area contributed by atoms with Crippen LogP contribution in [0.1, 0.15) is 37.0 Å². The molecule has 1 aliphatic heterocycles. The van der Waals surface area contributed by atoms with E-state index in [1.165, 1.54) is 11.0 Å². The molecule has 0 bridgehead atoms. The molecule has 0 aliphatic carbocycles. The van der Waals surface area contributed by atoms with Crippen LogP contribution in [0.3, 0.4) is 0 Å². The quantitative estimate of drug-likeness (QED) is 0.776. The van der Waals surface area contributed by atoms with Crippen LogP contribution in [0.15, 0.2) is 17.2 Å². The number of hydrogen-bond donors (Lipinski definition) is 0. The molecule has 21 heavy (non-hydrogen) atoms. The number of likely N-dealkylation sites (tertiary alicyclic amines) is 1. The first kappa shape index (κ1) is 15.2. The van der Waals surface area contributed by atoms with E-state index in [2.05, 4.69) is 16.7 Å². The van der Waals surface area contributed by atoms with Gasteiger partial charge in [0.25, 0.3) is 0 Å². The summed E-state index contributed by atoms with van der Waals surface area (Å²) >= 11 is 0. The molecule has 0 radical (unpaired) electrons. The molecule has 1 saturated heterocycles. The van der Waals surface area contributed by atoms with Crippen molar-refractivity contribution < 1.29 is 14.1 Å². The fraction of sp³-hybridized carbons (Fsp3) is 0.571. The zero-order valence-electron chi connectivity index (χ0n) is 12.4. The number of piperidine rings is 1. The molecule has 114 valence electrons. The van der Waals surface area contributed by atoms with Crippen LogP contribution < -0.4 is 0 Å². The van der Waals surface area contributed by atoms with E-state index in [4.69, 9.17) is 4.52 Å². The second-order valence-electron chi connectivity index (χ2n) is 5.18. The van der Waals surface area contributed by atoms with Crippen LogP contribution in [0.2, 0.25) is 0 Å². The highest BCUT2D eigenvalue weighted by Crippen LogP contribution is 2.29. The van der Waals surface area contributed by atoms with E-state index >= 15 is 0 Å². The molecule has 7 nitrogen and oxygen atoms in total. The third-order valence-electron chi connectivity index (χ3n) is 3.57. The van der Waals surface area contributed by atoms with E-state index in [1.54, 1.807) is 18.9 Å². The highest BCUT2D eigenvalue weighted by Gasteiger charge is 2.32. The molecule has 0 aromatic carbocycles. The van der Waals surface area contributed by atoms with Crippen LogP contribution in [0.4, 0.5) is 0 Å². The van der Waals surface area contributed by atoms with E-state index in [0.717, 1.165) is 19.3 Å². The van der Waals surface area contributed by atoms with Crippen molar-refractivity contribution in [3.05, 3.63) is 24.4 Å². The van der Waals surface area contributed by atoms with E-state index in [9.17, 15) is 9.59 Å². The molecular formula is C14H20N4O3. The molecule has 1 aliphatic rings. The number of carbonyl (C=O) groups is 2. The Hall–Kier alpha value is -2.18. The number of carbonyl (C=O) groups excluding carboxylic acids is 2. The van der Waals surface area contributed by atoms with Crippen LogP contribution in [0, 0.1) is 6.92 Å². The lowest BCUT2D eigenvalue weighted by Crippen LogP contribution is -2.44. The minimum atomic E-state index is -0.273. The number of hydrogen-bond acceptors (Lipinski definition) is 5. The van der Waals surface area contributed by atoms with Gasteiger partial charge in [0.1, 0.15) is 6.04 Å². The van der Waals surface area contributed by atoms with Crippen LogP contribution >= 0.6 is 0 Å². The number of likely N-dealkylation sites (N-methyl/N-ethyl adjacent to an activating group) is 1. The monoisotopic (exact) mass is 292 g/mol. The van der Waals surface area contributed by atoms with Crippen molar-refractivity contribution in [2.24, 2.45) is 0 Å². The predicted octanol–water partition coefficient (Wildman–Crippen LogP) is 1.08. The van der Waals surface area contributed by atoms with Gasteiger partial charge in [-0.25, -0.2) is 0 Å². The van der Waals surface area contributed by atoms with E-state index < -0.39 is 0 Å². The molecule has 2 rings (SSSR count). The van der Waals surface area contributed by atoms with Crippen molar-refractivity contribution >= 4 is 11.8 Å². The zero-order valence-corrected chi connectivity index (χ0v) is 12.4. The molecule has 1 aromatic rings. The molecule has 2 amide bonds. The summed E-state index contributed by atoms with van der Waals surface area (Å²) in [4.78, 5) is 31.2. The summed E-state index contributed by atoms with van der Waals surface area (Å²) in [5.41, 5.74) is 0. The Kier molecular flexibility index (Phi) is 4.72. The molecular weight excluding hydrogens is 272 g/mol. The Bertz CT molecular complexity index is 540. The maximum Gasteiger partial charge on any atom is 0.249 e. The molecule has 0 spiro atoms. The fourth-order valence-electron chi connectivity index (χ4n) is 2.46. The topological polar surface area (TPSA) is 79.5 Å². The minimum absolute atomic E-state index is 0.0223. The van der Waals surface area contributed by atoms with Crippen LogP contribution in [-0.2, 0) is 9.59 Å². The van der Waals surface area contributed by atoms with Crippen molar-refractivity contribution in [2.45, 2.75) is 32.2 Å². The molecule has 1 atom stereocenters. The summed E-state index contributed by atoms with van der Waals surface area (Å²) in [5, 5.41) is 3.79. The molecule has 2 heterocycles. The van der Waals surface area contributed by atoms with Crippen LogP contribution in [-0.4, -0.2) is 51.9 Å². The third-order valence-corrected chi connectivity index (χ3v) is 3.57. The van der Waals surface area contributed by atoms with Gasteiger partial charge in [0.05, 0.1) is 6.54 Å². The zero-order chi connectivity index (χ0) is 15.4. The normalized spacial score (nSPS) is 18.4. The number of aryl methyl sites for hydroxylation is 1. The average molecular weight is 292 g/mol. The smallest absolute Gasteiger partial charge is 0.249 e. The summed E-state index contributed by atoms with van der Waals surface area (Å²) in [6, 6.07) is -0.195. The first-order valence-corrected chi connectivity index (χ1v) is 7.00. The van der Waals surface area contributed by atoms with Gasteiger partial charge in [-0.05, 0) is 32.3 Å². The summed E-state index contributed by atoms with van der Waals surface area (Å²) < 4.78 is 5.21. The number of aromatic nitrogens is 2. The SMILES string of the molecule is C=CC(=O)N(C)CC(=O)N1CCCCC1c1nc(C)no1. The molecule has 1 aromatic heterocycles. The number of amides is 2. The van der Waals surface area contributed by atoms with Gasteiger partial charge in [-0.1, -0.05) is 11.7 Å². The lowest BCUT2D eigenvalue weighted by atomic mass is 10.0. The largest absolute Gasteiger partial charge is 0.337 e. The van der Waals surface area contributed by atoms with Crippen molar-refractivity contribution in [3.8, 4) is 0 Å². The Morgan fingerprint density at radius 3 is 2.90 bits per heavy atom. The van der Waals surface area contributed by atoms with Gasteiger partial charge in [0, 0.05) is 13.6 Å². The van der Waals surface area contributed by atoms with Crippen LogP contribution in [0.5, 0.6) is 0 Å². The number of nitrogens with zero attached hydrogens (tertiary/aromatic N) is 4. The summed E-state index contributed by atoms with van der Waals surface area (Å²) in [6.45, 7) is 5.83. The average Bonchev–Trinajstić information content (AvgIpc) is 2.92. The standard InChI is InChI=1S/C14H20N4O3/c1-4-12(19)17(3)9-13(20)18-8-6-5-7-11(18)14-15-10(2)16-21-14/h4,11H,1,5-9H2,2-3H3. The highest BCUT2D eigenvalue weighted by atomic mass is 16.5. The maximum atomic E-state index is 12.4. The summed E-state index contributed by atoms with van der Waals surface area (Å²) in [7, 11) is 1.58. The van der Waals surface area contributed by atoms with Crippen LogP contribution in [0.25, 0.3) is 0 Å². The molecule has 0 saturated carbocycles. The van der Waals surface area contributed by atoms with E-state index in [0.29, 0.717) is 18.3 Å². The Morgan fingerprint density at radius 2 is 2.29 bits per heavy atom. The lowest BCUT2D eigenvalue weighted by Gasteiger charge is -2.34. The molecule has 7 heteroatoms. The molecule has 1 fully saturated rings. The van der Waals surface area contributed by atoms with Crippen molar-refractivity contribution in [3.63, 3.8) is 0 Å². The molecule has 1 unspecified atom stereocenters. The summed E-state index contributed by atoms with van der Waals surface area (Å²) in [5.74, 6) is 0.638. The van der Waals surface area contributed by atoms with E-state index in [1.807, 2.05) is 0 Å². The Balaban J connectivity index is 2.09. The van der Waals surface area contributed by atoms with Gasteiger partial charge in [-0.3, -0.25) is 9.59 Å².